The van der Waals surface area contributed by atoms with Crippen LogP contribution in [0.2, 0.25) is 0 Å². The first-order chi connectivity index (χ1) is 16.6. The quantitative estimate of drug-likeness (QED) is 0.498. The maximum Gasteiger partial charge on any atom is 0.321 e. The summed E-state index contributed by atoms with van der Waals surface area (Å²) in [5, 5.41) is 19.1. The number of nitrogens with one attached hydrogen (secondary N) is 4. The van der Waals surface area contributed by atoms with Crippen molar-refractivity contribution in [3.63, 3.8) is 0 Å². The molecule has 4 aliphatic rings. The smallest absolute Gasteiger partial charge is 0.321 e. The van der Waals surface area contributed by atoms with Gasteiger partial charge in [-0.3, -0.25) is 10.6 Å². The number of fused-ring (bicyclic) bond motifs is 3. The number of carbonyl (C=O) groups is 2. The fourth-order valence-electron chi connectivity index (χ4n) is 6.58. The number of carbonyl (C=O) groups excluding carboxylic acids is 2. The predicted octanol–water partition coefficient (Wildman–Crippen LogP) is 4.75. The van der Waals surface area contributed by atoms with Gasteiger partial charge >= 0.3 is 12.1 Å². The van der Waals surface area contributed by atoms with Gasteiger partial charge in [0, 0.05) is 24.2 Å². The Hall–Kier alpha value is -3.04. The van der Waals surface area contributed by atoms with Crippen LogP contribution in [0.1, 0.15) is 64.2 Å². The number of urea groups is 2. The van der Waals surface area contributed by atoms with E-state index >= 15 is 0 Å². The zero-order valence-corrected chi connectivity index (χ0v) is 19.4. The van der Waals surface area contributed by atoms with Crippen LogP contribution in [0, 0.1) is 23.7 Å². The summed E-state index contributed by atoms with van der Waals surface area (Å²) in [7, 11) is 0. The second kappa shape index (κ2) is 10.5. The van der Waals surface area contributed by atoms with Crippen molar-refractivity contribution < 1.29 is 18.6 Å². The standard InChI is InChI=1S/C24H34N6O4/c31-23(29-21-8-10-25-33-21)27-17-5-3-1-2-4-16(14-17)19-12-15-6-7-18(19)20(13-15)28-24(32)30-22-9-11-26-34-22/h8-11,15-20H,1-7,12-14H2,(H2,27,29,31)(H2,28,30,32). The Morgan fingerprint density at radius 1 is 0.765 bits per heavy atom. The van der Waals surface area contributed by atoms with E-state index in [0.717, 1.165) is 32.1 Å². The van der Waals surface area contributed by atoms with Crippen LogP contribution >= 0.6 is 0 Å². The van der Waals surface area contributed by atoms with Crippen LogP contribution in [0.5, 0.6) is 0 Å². The molecule has 6 unspecified atom stereocenters. The molecule has 4 aliphatic carbocycles. The third-order valence-corrected chi connectivity index (χ3v) is 7.99. The van der Waals surface area contributed by atoms with Crippen LogP contribution in [-0.4, -0.2) is 34.5 Å². The molecule has 0 saturated heterocycles. The maximum atomic E-state index is 12.6. The second-order valence-corrected chi connectivity index (χ2v) is 10.1. The van der Waals surface area contributed by atoms with Gasteiger partial charge < -0.3 is 19.7 Å². The Labute approximate surface area is 198 Å². The van der Waals surface area contributed by atoms with E-state index in [1.165, 1.54) is 44.5 Å². The van der Waals surface area contributed by atoms with Crippen LogP contribution in [0.25, 0.3) is 0 Å². The lowest BCUT2D eigenvalue weighted by Gasteiger charge is -2.51. The van der Waals surface area contributed by atoms with Gasteiger partial charge in [0.05, 0.1) is 12.4 Å². The SMILES string of the molecule is O=C(Nc1ccno1)NC1CCCCCC(C2CC3CCC2C(NC(=O)Nc2ccno2)C3)C1. The summed E-state index contributed by atoms with van der Waals surface area (Å²) in [6, 6.07) is 3.10. The van der Waals surface area contributed by atoms with Crippen LogP contribution in [0.4, 0.5) is 21.4 Å². The molecule has 0 radical (unpaired) electrons. The van der Waals surface area contributed by atoms with Crippen molar-refractivity contribution in [3.8, 4) is 0 Å². The lowest BCUT2D eigenvalue weighted by Crippen LogP contribution is -2.53. The van der Waals surface area contributed by atoms with Crippen molar-refractivity contribution in [2.24, 2.45) is 23.7 Å². The fourth-order valence-corrected chi connectivity index (χ4v) is 6.58. The van der Waals surface area contributed by atoms with Gasteiger partial charge in [-0.25, -0.2) is 9.59 Å². The topological polar surface area (TPSA) is 134 Å². The number of aromatic nitrogens is 2. The molecule has 10 heteroatoms. The molecule has 0 aromatic carbocycles. The van der Waals surface area contributed by atoms with E-state index < -0.39 is 0 Å². The molecule has 4 amide bonds. The first kappa shape index (κ1) is 22.7. The van der Waals surface area contributed by atoms with Crippen LogP contribution in [0.3, 0.4) is 0 Å². The first-order valence-corrected chi connectivity index (χ1v) is 12.6. The molecule has 0 aliphatic heterocycles. The Morgan fingerprint density at radius 2 is 1.47 bits per heavy atom. The Kier molecular flexibility index (Phi) is 7.01. The average Bonchev–Trinajstić information content (AvgIpc) is 3.50. The number of amides is 4. The highest BCUT2D eigenvalue weighted by Gasteiger charge is 2.45. The van der Waals surface area contributed by atoms with Gasteiger partial charge in [0.25, 0.3) is 0 Å². The molecule has 2 aromatic heterocycles. The molecule has 0 spiro atoms. The van der Waals surface area contributed by atoms with Crippen LogP contribution in [-0.2, 0) is 0 Å². The van der Waals surface area contributed by atoms with Crippen molar-refractivity contribution in [2.75, 3.05) is 10.6 Å². The van der Waals surface area contributed by atoms with E-state index in [2.05, 4.69) is 31.6 Å². The van der Waals surface area contributed by atoms with Crippen molar-refractivity contribution in [3.05, 3.63) is 24.5 Å². The molecule has 6 rings (SSSR count). The minimum atomic E-state index is -0.241. The minimum absolute atomic E-state index is 0.134. The normalized spacial score (nSPS) is 31.2. The number of hydrogen-bond donors (Lipinski definition) is 4. The number of nitrogens with zero attached hydrogens (tertiary/aromatic N) is 2. The van der Waals surface area contributed by atoms with Gasteiger partial charge in [-0.05, 0) is 55.8 Å². The molecule has 2 heterocycles. The molecular weight excluding hydrogens is 436 g/mol. The van der Waals surface area contributed by atoms with E-state index in [9.17, 15) is 9.59 Å². The van der Waals surface area contributed by atoms with Gasteiger partial charge in [-0.2, -0.15) is 0 Å². The average molecular weight is 471 g/mol. The summed E-state index contributed by atoms with van der Waals surface area (Å²) in [5.41, 5.74) is 0. The molecule has 4 fully saturated rings. The number of hydrogen-bond acceptors (Lipinski definition) is 6. The molecule has 184 valence electrons. The van der Waals surface area contributed by atoms with Crippen molar-refractivity contribution in [1.82, 2.24) is 20.9 Å². The van der Waals surface area contributed by atoms with Crippen molar-refractivity contribution >= 4 is 23.8 Å². The second-order valence-electron chi connectivity index (χ2n) is 10.1. The van der Waals surface area contributed by atoms with Crippen LogP contribution in [0.15, 0.2) is 33.6 Å². The third-order valence-electron chi connectivity index (χ3n) is 7.99. The van der Waals surface area contributed by atoms with Crippen LogP contribution < -0.4 is 21.3 Å². The lowest BCUT2D eigenvalue weighted by molar-refractivity contribution is 0.0187. The Balaban J connectivity index is 1.21. The monoisotopic (exact) mass is 470 g/mol. The van der Waals surface area contributed by atoms with Gasteiger partial charge in [-0.1, -0.05) is 42.4 Å². The first-order valence-electron chi connectivity index (χ1n) is 12.6. The molecule has 6 atom stereocenters. The summed E-state index contributed by atoms with van der Waals surface area (Å²) >= 11 is 0. The summed E-state index contributed by atoms with van der Waals surface area (Å²) < 4.78 is 10.00. The predicted molar refractivity (Wildman–Crippen MR) is 125 cm³/mol. The Morgan fingerprint density at radius 3 is 2.15 bits per heavy atom. The zero-order chi connectivity index (χ0) is 23.3. The molecule has 2 bridgehead atoms. The van der Waals surface area contributed by atoms with E-state index in [1.807, 2.05) is 0 Å². The van der Waals surface area contributed by atoms with Crippen molar-refractivity contribution in [1.29, 1.82) is 0 Å². The van der Waals surface area contributed by atoms with Gasteiger partial charge in [0.1, 0.15) is 0 Å². The van der Waals surface area contributed by atoms with Crippen molar-refractivity contribution in [2.45, 2.75) is 76.3 Å². The molecule has 2 aromatic rings. The van der Waals surface area contributed by atoms with E-state index in [4.69, 9.17) is 9.05 Å². The Bertz CT molecular complexity index is 933. The highest BCUT2D eigenvalue weighted by Crippen LogP contribution is 2.50. The summed E-state index contributed by atoms with van der Waals surface area (Å²) in [5.74, 6) is 2.94. The zero-order valence-electron chi connectivity index (χ0n) is 19.4. The minimum Gasteiger partial charge on any atom is -0.338 e. The van der Waals surface area contributed by atoms with Gasteiger partial charge in [0.15, 0.2) is 0 Å². The molecule has 4 N–H and O–H groups in total. The third kappa shape index (κ3) is 5.53. The summed E-state index contributed by atoms with van der Waals surface area (Å²) in [6.07, 6.45) is 14.4. The van der Waals surface area contributed by atoms with Gasteiger partial charge in [-0.15, -0.1) is 0 Å². The summed E-state index contributed by atoms with van der Waals surface area (Å²) in [6.45, 7) is 0. The fraction of sp³-hybridized carbons (Fsp3) is 0.667. The van der Waals surface area contributed by atoms with E-state index in [0.29, 0.717) is 35.4 Å². The molecule has 10 nitrogen and oxygen atoms in total. The van der Waals surface area contributed by atoms with E-state index in [-0.39, 0.29) is 24.1 Å². The molecule has 4 saturated carbocycles. The highest BCUT2D eigenvalue weighted by molar-refractivity contribution is 5.88. The number of rotatable bonds is 5. The molecular formula is C24H34N6O4. The van der Waals surface area contributed by atoms with E-state index in [1.54, 1.807) is 12.1 Å². The lowest BCUT2D eigenvalue weighted by atomic mass is 9.57. The van der Waals surface area contributed by atoms with Gasteiger partial charge in [0.2, 0.25) is 11.8 Å². The maximum absolute atomic E-state index is 12.6. The molecule has 34 heavy (non-hydrogen) atoms. The summed E-state index contributed by atoms with van der Waals surface area (Å²) in [4.78, 5) is 25.1. The largest absolute Gasteiger partial charge is 0.338 e. The highest BCUT2D eigenvalue weighted by atomic mass is 16.5. The number of anilines is 2.